The van der Waals surface area contributed by atoms with Crippen LogP contribution in [-0.2, 0) is 18.5 Å². The number of anilines is 1. The highest BCUT2D eigenvalue weighted by molar-refractivity contribution is 8.29. The molecule has 0 unspecified atom stereocenters. The quantitative estimate of drug-likeness (QED) is 0.779. The summed E-state index contributed by atoms with van der Waals surface area (Å²) in [6.07, 6.45) is 0. The fourth-order valence-electron chi connectivity index (χ4n) is 0.975. The summed E-state index contributed by atoms with van der Waals surface area (Å²) in [5.41, 5.74) is -0.454. The van der Waals surface area contributed by atoms with Gasteiger partial charge in [0.25, 0.3) is 0 Å². The maximum atomic E-state index is 11.2. The number of halogens is 4. The Hall–Kier alpha value is 0.0800. The van der Waals surface area contributed by atoms with E-state index in [2.05, 4.69) is 0 Å². The average molecular weight is 359 g/mol. The first-order valence-electron chi connectivity index (χ1n) is 3.69. The zero-order valence-electron chi connectivity index (χ0n) is 7.64. The second kappa shape index (κ2) is 4.99. The molecule has 0 N–H and O–H groups in total. The summed E-state index contributed by atoms with van der Waals surface area (Å²) in [7, 11) is 0.606. The Labute approximate surface area is 117 Å². The van der Waals surface area contributed by atoms with Gasteiger partial charge in [-0.2, -0.15) is 16.8 Å². The minimum atomic E-state index is -4.67. The van der Waals surface area contributed by atoms with Crippen molar-refractivity contribution in [2.45, 2.75) is 0 Å². The van der Waals surface area contributed by atoms with E-state index in [0.29, 0.717) is 0 Å². The van der Waals surface area contributed by atoms with Crippen LogP contribution in [0.4, 0.5) is 5.69 Å². The van der Waals surface area contributed by atoms with Gasteiger partial charge in [-0.25, -0.2) is 0 Å². The Morgan fingerprint density at radius 3 is 1.82 bits per heavy atom. The predicted octanol–water partition coefficient (Wildman–Crippen LogP) is 2.77. The van der Waals surface area contributed by atoms with Gasteiger partial charge in [0, 0.05) is 21.4 Å². The number of hydrogen-bond donors (Lipinski definition) is 0. The van der Waals surface area contributed by atoms with Crippen molar-refractivity contribution in [3.63, 3.8) is 0 Å². The summed E-state index contributed by atoms with van der Waals surface area (Å²) in [6.45, 7) is 0. The van der Waals surface area contributed by atoms with Gasteiger partial charge in [-0.05, 0) is 12.1 Å². The van der Waals surface area contributed by atoms with Crippen LogP contribution >= 0.6 is 44.6 Å². The largest absolute Gasteiger partial charge is 0.335 e. The number of nitrogens with zero attached hydrogens (tertiary/aromatic N) is 1. The highest BCUT2D eigenvalue weighted by atomic mass is 35.7. The maximum absolute atomic E-state index is 11.2. The van der Waals surface area contributed by atoms with E-state index in [9.17, 15) is 16.8 Å². The van der Waals surface area contributed by atoms with Crippen LogP contribution in [0, 0.1) is 0 Å². The molecule has 0 bridgehead atoms. The van der Waals surface area contributed by atoms with E-state index in [1.54, 1.807) is 0 Å². The molecule has 1 aromatic carbocycles. The van der Waals surface area contributed by atoms with Crippen LogP contribution in [0.1, 0.15) is 0 Å². The zero-order valence-corrected chi connectivity index (χ0v) is 12.3. The van der Waals surface area contributed by atoms with Crippen molar-refractivity contribution in [2.24, 2.45) is 0 Å². The second-order valence-corrected chi connectivity index (χ2v) is 8.39. The molecule has 11 heteroatoms. The van der Waals surface area contributed by atoms with E-state index in [1.165, 1.54) is 12.1 Å². The Morgan fingerprint density at radius 1 is 0.941 bits per heavy atom. The predicted molar refractivity (Wildman–Crippen MR) is 68.5 cm³/mol. The fourth-order valence-corrected chi connectivity index (χ4v) is 5.12. The Balaban J connectivity index is 3.62. The Bertz CT molecular complexity index is 610. The van der Waals surface area contributed by atoms with E-state index in [1.807, 2.05) is 0 Å². The van der Waals surface area contributed by atoms with Gasteiger partial charge in [0.05, 0.1) is 15.7 Å². The SMILES string of the molecule is O=S(=O)(Cl)N(c1cccc(Cl)c1Cl)S(=O)(=O)Cl. The summed E-state index contributed by atoms with van der Waals surface area (Å²) in [5, 5.41) is -0.350. The minimum Gasteiger partial charge on any atom is -0.188 e. The molecule has 0 heterocycles. The van der Waals surface area contributed by atoms with Crippen LogP contribution in [0.2, 0.25) is 10.0 Å². The van der Waals surface area contributed by atoms with Gasteiger partial charge in [-0.15, -0.1) is 3.71 Å². The van der Waals surface area contributed by atoms with Crippen molar-refractivity contribution in [3.8, 4) is 0 Å². The topological polar surface area (TPSA) is 71.5 Å². The van der Waals surface area contributed by atoms with Gasteiger partial charge in [0.15, 0.2) is 0 Å². The first-order chi connectivity index (χ1) is 7.55. The maximum Gasteiger partial charge on any atom is 0.335 e. The Morgan fingerprint density at radius 2 is 1.41 bits per heavy atom. The molecule has 0 aliphatic carbocycles. The third kappa shape index (κ3) is 3.52. The molecule has 0 atom stereocenters. The second-order valence-electron chi connectivity index (χ2n) is 2.65. The molecule has 5 nitrogen and oxygen atoms in total. The highest BCUT2D eigenvalue weighted by Gasteiger charge is 2.33. The zero-order chi connectivity index (χ0) is 13.4. The van der Waals surface area contributed by atoms with E-state index in [4.69, 9.17) is 44.6 Å². The lowest BCUT2D eigenvalue weighted by molar-refractivity contribution is 0.599. The normalized spacial score (nSPS) is 12.5. The molecule has 0 amide bonds. The van der Waals surface area contributed by atoms with E-state index >= 15 is 0 Å². The van der Waals surface area contributed by atoms with Crippen molar-refractivity contribution in [1.29, 1.82) is 0 Å². The molecule has 0 radical (unpaired) electrons. The van der Waals surface area contributed by atoms with E-state index in [0.717, 1.165) is 6.07 Å². The minimum absolute atomic E-state index is 0.0465. The van der Waals surface area contributed by atoms with Crippen LogP contribution < -0.4 is 3.71 Å². The van der Waals surface area contributed by atoms with Crippen LogP contribution in [0.5, 0.6) is 0 Å². The van der Waals surface area contributed by atoms with Gasteiger partial charge in [-0.1, -0.05) is 29.3 Å². The van der Waals surface area contributed by atoms with Gasteiger partial charge < -0.3 is 0 Å². The van der Waals surface area contributed by atoms with Crippen LogP contribution in [0.25, 0.3) is 0 Å². The van der Waals surface area contributed by atoms with Crippen molar-refractivity contribution in [3.05, 3.63) is 28.2 Å². The monoisotopic (exact) mass is 357 g/mol. The molecule has 0 aromatic heterocycles. The van der Waals surface area contributed by atoms with Gasteiger partial charge >= 0.3 is 18.5 Å². The molecule has 0 saturated carbocycles. The first kappa shape index (κ1) is 15.1. The summed E-state index contributed by atoms with van der Waals surface area (Å²) >= 11 is 11.3. The van der Waals surface area contributed by atoms with Crippen molar-refractivity contribution < 1.29 is 16.8 Å². The van der Waals surface area contributed by atoms with Crippen molar-refractivity contribution in [1.82, 2.24) is 0 Å². The summed E-state index contributed by atoms with van der Waals surface area (Å²) in [6, 6.07) is 3.72. The standard InChI is InChI=1S/C6H3Cl4NO4S2/c7-4-2-1-3-5(6(4)8)11(16(9,12)13)17(10,14)15/h1-3H. The lowest BCUT2D eigenvalue weighted by Gasteiger charge is -2.17. The van der Waals surface area contributed by atoms with Crippen LogP contribution in [-0.4, -0.2) is 16.8 Å². The molecular weight excluding hydrogens is 356 g/mol. The average Bonchev–Trinajstić information content (AvgIpc) is 2.08. The van der Waals surface area contributed by atoms with E-state index < -0.39 is 24.2 Å². The van der Waals surface area contributed by atoms with Crippen LogP contribution in [0.3, 0.4) is 0 Å². The fraction of sp³-hybridized carbons (Fsp3) is 0. The lowest BCUT2D eigenvalue weighted by Crippen LogP contribution is -2.30. The molecule has 0 saturated heterocycles. The molecule has 1 aromatic rings. The molecule has 1 rings (SSSR count). The molecule has 0 spiro atoms. The molecule has 0 aliphatic rings. The summed E-state index contributed by atoms with van der Waals surface area (Å²) in [4.78, 5) is 0. The molecule has 96 valence electrons. The van der Waals surface area contributed by atoms with Gasteiger partial charge in [-0.3, -0.25) is 0 Å². The third-order valence-electron chi connectivity index (χ3n) is 1.52. The van der Waals surface area contributed by atoms with Crippen molar-refractivity contribution >= 4 is 68.7 Å². The van der Waals surface area contributed by atoms with Crippen LogP contribution in [0.15, 0.2) is 18.2 Å². The summed E-state index contributed by atoms with van der Waals surface area (Å²) in [5.74, 6) is 0. The summed E-state index contributed by atoms with van der Waals surface area (Å²) < 4.78 is 44.4. The Kier molecular flexibility index (Phi) is 4.44. The lowest BCUT2D eigenvalue weighted by atomic mass is 10.3. The van der Waals surface area contributed by atoms with E-state index in [-0.39, 0.29) is 13.8 Å². The van der Waals surface area contributed by atoms with Crippen molar-refractivity contribution in [2.75, 3.05) is 3.71 Å². The number of benzene rings is 1. The first-order valence-corrected chi connectivity index (χ1v) is 8.97. The molecule has 0 aliphatic heterocycles. The highest BCUT2D eigenvalue weighted by Crippen LogP contribution is 2.36. The molecule has 17 heavy (non-hydrogen) atoms. The number of hydrogen-bond acceptors (Lipinski definition) is 4. The molecule has 0 fully saturated rings. The van der Waals surface area contributed by atoms with Gasteiger partial charge in [0.2, 0.25) is 0 Å². The van der Waals surface area contributed by atoms with Gasteiger partial charge in [0.1, 0.15) is 0 Å². The molecular formula is C6H3Cl4NO4S2. The smallest absolute Gasteiger partial charge is 0.188 e. The number of rotatable bonds is 3. The third-order valence-corrected chi connectivity index (χ3v) is 6.02.